The molecule has 1 heterocycles. The van der Waals surface area contributed by atoms with Gasteiger partial charge in [-0.1, -0.05) is 6.42 Å². The van der Waals surface area contributed by atoms with Crippen molar-refractivity contribution in [2.24, 2.45) is 23.7 Å². The molecule has 1 saturated heterocycles. The Labute approximate surface area is 126 Å². The van der Waals surface area contributed by atoms with E-state index in [0.29, 0.717) is 12.5 Å². The number of nitrogens with one attached hydrogen (secondary N) is 1. The van der Waals surface area contributed by atoms with E-state index in [2.05, 4.69) is 12.2 Å². The SMILES string of the molecule is CC(NC(=O)CN1CC(CC(=O)O)C1)C1CC2CCC1C2. The van der Waals surface area contributed by atoms with Crippen LogP contribution in [0.3, 0.4) is 0 Å². The number of carboxylic acid groups (broad SMARTS) is 1. The van der Waals surface area contributed by atoms with Gasteiger partial charge in [-0.15, -0.1) is 0 Å². The molecular formula is C16H26N2O3. The van der Waals surface area contributed by atoms with E-state index in [1.54, 1.807) is 0 Å². The summed E-state index contributed by atoms with van der Waals surface area (Å²) in [5.74, 6) is 1.98. The molecule has 2 aliphatic carbocycles. The summed E-state index contributed by atoms with van der Waals surface area (Å²) in [6.45, 7) is 4.04. The van der Waals surface area contributed by atoms with Crippen LogP contribution < -0.4 is 5.32 Å². The van der Waals surface area contributed by atoms with Crippen molar-refractivity contribution in [3.8, 4) is 0 Å². The fourth-order valence-corrected chi connectivity index (χ4v) is 4.70. The molecular weight excluding hydrogens is 268 g/mol. The Morgan fingerprint density at radius 3 is 2.62 bits per heavy atom. The first-order chi connectivity index (χ1) is 10.0. The molecule has 3 aliphatic rings. The molecule has 5 heteroatoms. The number of carbonyl (C=O) groups excluding carboxylic acids is 1. The molecule has 0 aromatic heterocycles. The van der Waals surface area contributed by atoms with Crippen molar-refractivity contribution in [1.82, 2.24) is 10.2 Å². The van der Waals surface area contributed by atoms with Gasteiger partial charge < -0.3 is 10.4 Å². The molecule has 3 rings (SSSR count). The average Bonchev–Trinajstić information content (AvgIpc) is 2.97. The second-order valence-corrected chi connectivity index (χ2v) is 7.35. The maximum absolute atomic E-state index is 12.1. The maximum atomic E-state index is 12.1. The van der Waals surface area contributed by atoms with Gasteiger partial charge in [0, 0.05) is 19.1 Å². The fraction of sp³-hybridized carbons (Fsp3) is 0.875. The van der Waals surface area contributed by atoms with Crippen LogP contribution in [-0.4, -0.2) is 47.6 Å². The lowest BCUT2D eigenvalue weighted by molar-refractivity contribution is -0.139. The summed E-state index contributed by atoms with van der Waals surface area (Å²) >= 11 is 0. The lowest BCUT2D eigenvalue weighted by Crippen LogP contribution is -2.53. The van der Waals surface area contributed by atoms with Crippen LogP contribution in [0.5, 0.6) is 0 Å². The smallest absolute Gasteiger partial charge is 0.303 e. The molecule has 1 aliphatic heterocycles. The van der Waals surface area contributed by atoms with Crippen LogP contribution in [0.1, 0.15) is 39.0 Å². The van der Waals surface area contributed by atoms with Crippen LogP contribution in [0.15, 0.2) is 0 Å². The first-order valence-electron chi connectivity index (χ1n) is 8.24. The molecule has 4 unspecified atom stereocenters. The standard InChI is InChI=1S/C16H26N2O3/c1-10(14-5-11-2-3-13(14)4-11)17-15(19)9-18-7-12(8-18)6-16(20)21/h10-14H,2-9H2,1H3,(H,17,19)(H,20,21). The van der Waals surface area contributed by atoms with E-state index >= 15 is 0 Å². The number of amides is 1. The second-order valence-electron chi connectivity index (χ2n) is 7.35. The van der Waals surface area contributed by atoms with E-state index in [0.717, 1.165) is 24.9 Å². The molecule has 0 aromatic rings. The predicted octanol–water partition coefficient (Wildman–Crippen LogP) is 1.33. The number of carboxylic acids is 1. The van der Waals surface area contributed by atoms with Crippen LogP contribution in [0, 0.1) is 23.7 Å². The van der Waals surface area contributed by atoms with Gasteiger partial charge in [-0.05, 0) is 49.9 Å². The summed E-state index contributed by atoms with van der Waals surface area (Å²) in [7, 11) is 0. The van der Waals surface area contributed by atoms with Gasteiger partial charge in [0.1, 0.15) is 0 Å². The van der Waals surface area contributed by atoms with E-state index in [1.807, 2.05) is 4.90 Å². The molecule has 5 nitrogen and oxygen atoms in total. The number of fused-ring (bicyclic) bond motifs is 2. The second kappa shape index (κ2) is 5.95. The normalized spacial score (nSPS) is 33.7. The van der Waals surface area contributed by atoms with Crippen LogP contribution >= 0.6 is 0 Å². The van der Waals surface area contributed by atoms with Crippen molar-refractivity contribution in [3.63, 3.8) is 0 Å². The van der Waals surface area contributed by atoms with Crippen molar-refractivity contribution < 1.29 is 14.7 Å². The fourth-order valence-electron chi connectivity index (χ4n) is 4.70. The number of hydrogen-bond acceptors (Lipinski definition) is 3. The zero-order chi connectivity index (χ0) is 15.0. The number of carbonyl (C=O) groups is 2. The largest absolute Gasteiger partial charge is 0.481 e. The van der Waals surface area contributed by atoms with Gasteiger partial charge in [0.05, 0.1) is 13.0 Å². The Balaban J connectivity index is 1.36. The minimum atomic E-state index is -0.742. The lowest BCUT2D eigenvalue weighted by atomic mass is 9.84. The number of rotatable bonds is 6. The Morgan fingerprint density at radius 2 is 2.05 bits per heavy atom. The first-order valence-corrected chi connectivity index (χ1v) is 8.24. The van der Waals surface area contributed by atoms with Gasteiger partial charge in [0.15, 0.2) is 0 Å². The molecule has 21 heavy (non-hydrogen) atoms. The Kier molecular flexibility index (Phi) is 4.20. The van der Waals surface area contributed by atoms with Gasteiger partial charge in [0.2, 0.25) is 5.91 Å². The van der Waals surface area contributed by atoms with Gasteiger partial charge in [-0.25, -0.2) is 0 Å². The Bertz CT molecular complexity index is 420. The van der Waals surface area contributed by atoms with Gasteiger partial charge in [0.25, 0.3) is 0 Å². The first kappa shape index (κ1) is 14.8. The average molecular weight is 294 g/mol. The van der Waals surface area contributed by atoms with E-state index in [1.165, 1.54) is 25.7 Å². The summed E-state index contributed by atoms with van der Waals surface area (Å²) in [4.78, 5) is 24.7. The molecule has 0 spiro atoms. The van der Waals surface area contributed by atoms with Crippen LogP contribution in [0.4, 0.5) is 0 Å². The molecule has 1 amide bonds. The maximum Gasteiger partial charge on any atom is 0.303 e. The van der Waals surface area contributed by atoms with Crippen molar-refractivity contribution in [1.29, 1.82) is 0 Å². The van der Waals surface area contributed by atoms with Crippen molar-refractivity contribution in [2.75, 3.05) is 19.6 Å². The zero-order valence-corrected chi connectivity index (χ0v) is 12.8. The third kappa shape index (κ3) is 3.39. The Morgan fingerprint density at radius 1 is 1.29 bits per heavy atom. The van der Waals surface area contributed by atoms with Crippen molar-refractivity contribution in [3.05, 3.63) is 0 Å². The summed E-state index contributed by atoms with van der Waals surface area (Å²) in [5, 5.41) is 11.9. The Hall–Kier alpha value is -1.10. The van der Waals surface area contributed by atoms with Crippen LogP contribution in [0.2, 0.25) is 0 Å². The highest BCUT2D eigenvalue weighted by molar-refractivity contribution is 5.78. The highest BCUT2D eigenvalue weighted by Crippen LogP contribution is 2.49. The number of aliphatic carboxylic acids is 1. The highest BCUT2D eigenvalue weighted by atomic mass is 16.4. The molecule has 3 fully saturated rings. The minimum absolute atomic E-state index is 0.0963. The topological polar surface area (TPSA) is 69.6 Å². The van der Waals surface area contributed by atoms with E-state index < -0.39 is 5.97 Å². The van der Waals surface area contributed by atoms with Crippen LogP contribution in [-0.2, 0) is 9.59 Å². The number of likely N-dealkylation sites (tertiary alicyclic amines) is 1. The van der Waals surface area contributed by atoms with Crippen molar-refractivity contribution >= 4 is 11.9 Å². The third-order valence-corrected chi connectivity index (χ3v) is 5.69. The molecule has 2 saturated carbocycles. The number of nitrogens with zero attached hydrogens (tertiary/aromatic N) is 1. The summed E-state index contributed by atoms with van der Waals surface area (Å²) < 4.78 is 0. The van der Waals surface area contributed by atoms with Crippen LogP contribution in [0.25, 0.3) is 0 Å². The van der Waals surface area contributed by atoms with E-state index in [-0.39, 0.29) is 24.3 Å². The summed E-state index contributed by atoms with van der Waals surface area (Å²) in [6, 6.07) is 0.281. The summed E-state index contributed by atoms with van der Waals surface area (Å²) in [5.41, 5.74) is 0. The van der Waals surface area contributed by atoms with E-state index in [9.17, 15) is 9.59 Å². The molecule has 2 N–H and O–H groups in total. The lowest BCUT2D eigenvalue weighted by Gasteiger charge is -2.38. The molecule has 118 valence electrons. The molecule has 4 atom stereocenters. The summed E-state index contributed by atoms with van der Waals surface area (Å²) in [6.07, 6.45) is 5.61. The van der Waals surface area contributed by atoms with Crippen molar-refractivity contribution in [2.45, 2.75) is 45.1 Å². The van der Waals surface area contributed by atoms with Gasteiger partial charge in [-0.3, -0.25) is 14.5 Å². The predicted molar refractivity (Wildman–Crippen MR) is 78.7 cm³/mol. The quantitative estimate of drug-likeness (QED) is 0.775. The minimum Gasteiger partial charge on any atom is -0.481 e. The molecule has 2 bridgehead atoms. The molecule has 0 aromatic carbocycles. The van der Waals surface area contributed by atoms with E-state index in [4.69, 9.17) is 5.11 Å². The monoisotopic (exact) mass is 294 g/mol. The zero-order valence-electron chi connectivity index (χ0n) is 12.8. The van der Waals surface area contributed by atoms with Gasteiger partial charge in [-0.2, -0.15) is 0 Å². The third-order valence-electron chi connectivity index (χ3n) is 5.69. The number of hydrogen-bond donors (Lipinski definition) is 2. The van der Waals surface area contributed by atoms with Gasteiger partial charge >= 0.3 is 5.97 Å². The highest BCUT2D eigenvalue weighted by Gasteiger charge is 2.42. The molecule has 0 radical (unpaired) electrons.